The van der Waals surface area contributed by atoms with Crippen LogP contribution in [0, 0.1) is 0 Å². The number of rotatable bonds is 3. The topological polar surface area (TPSA) is 48.0 Å². The first-order chi connectivity index (χ1) is 13.4. The van der Waals surface area contributed by atoms with Crippen molar-refractivity contribution in [2.24, 2.45) is 0 Å². The van der Waals surface area contributed by atoms with E-state index in [9.17, 15) is 0 Å². The predicted molar refractivity (Wildman–Crippen MR) is 116 cm³/mol. The third-order valence-corrected chi connectivity index (χ3v) is 5.56. The first-order valence-electron chi connectivity index (χ1n) is 9.96. The Labute approximate surface area is 167 Å². The van der Waals surface area contributed by atoms with Crippen LogP contribution in [0.4, 0.5) is 5.82 Å². The minimum atomic E-state index is 0.142. The van der Waals surface area contributed by atoms with Crippen LogP contribution >= 0.6 is 0 Å². The molecule has 5 nitrogen and oxygen atoms in total. The SMILES string of the molecule is CN1CCN(c2[nH]nc(-c3ccc(C(C)(C)C)cc3)c2-c2ccncc2)CC1. The zero-order valence-corrected chi connectivity index (χ0v) is 17.2. The Balaban J connectivity index is 1.77. The predicted octanol–water partition coefficient (Wildman–Crippen LogP) is 4.19. The van der Waals surface area contributed by atoms with E-state index >= 15 is 0 Å². The van der Waals surface area contributed by atoms with E-state index in [4.69, 9.17) is 5.10 Å². The summed E-state index contributed by atoms with van der Waals surface area (Å²) in [6.07, 6.45) is 3.70. The Kier molecular flexibility index (Phi) is 4.94. The molecular weight excluding hydrogens is 346 g/mol. The molecule has 0 amide bonds. The molecule has 2 aromatic heterocycles. The molecule has 0 aliphatic carbocycles. The summed E-state index contributed by atoms with van der Waals surface area (Å²) in [7, 11) is 2.18. The largest absolute Gasteiger partial charge is 0.354 e. The number of hydrogen-bond acceptors (Lipinski definition) is 4. The van der Waals surface area contributed by atoms with Gasteiger partial charge in [-0.1, -0.05) is 45.0 Å². The third-order valence-electron chi connectivity index (χ3n) is 5.56. The fourth-order valence-corrected chi connectivity index (χ4v) is 3.72. The highest BCUT2D eigenvalue weighted by atomic mass is 15.3. The van der Waals surface area contributed by atoms with Gasteiger partial charge in [-0.2, -0.15) is 5.10 Å². The van der Waals surface area contributed by atoms with Gasteiger partial charge >= 0.3 is 0 Å². The van der Waals surface area contributed by atoms with Crippen molar-refractivity contribution in [2.75, 3.05) is 38.1 Å². The van der Waals surface area contributed by atoms with Gasteiger partial charge in [0.2, 0.25) is 0 Å². The van der Waals surface area contributed by atoms with Crippen molar-refractivity contribution >= 4 is 5.82 Å². The molecule has 1 aliphatic heterocycles. The number of likely N-dealkylation sites (N-methyl/N-ethyl adjacent to an activating group) is 1. The zero-order chi connectivity index (χ0) is 19.7. The fraction of sp³-hybridized carbons (Fsp3) is 0.391. The van der Waals surface area contributed by atoms with E-state index in [2.05, 4.69) is 84.1 Å². The van der Waals surface area contributed by atoms with Gasteiger partial charge < -0.3 is 9.80 Å². The maximum Gasteiger partial charge on any atom is 0.132 e. The van der Waals surface area contributed by atoms with Crippen LogP contribution in [0.15, 0.2) is 48.8 Å². The van der Waals surface area contributed by atoms with E-state index in [1.54, 1.807) is 0 Å². The Hall–Kier alpha value is -2.66. The van der Waals surface area contributed by atoms with Crippen LogP contribution in [0.3, 0.4) is 0 Å². The quantitative estimate of drug-likeness (QED) is 0.746. The van der Waals surface area contributed by atoms with Crippen LogP contribution in [0.5, 0.6) is 0 Å². The molecule has 0 atom stereocenters. The Morgan fingerprint density at radius 2 is 1.50 bits per heavy atom. The van der Waals surface area contributed by atoms with E-state index in [0.717, 1.165) is 54.4 Å². The molecular formula is C23H29N5. The molecule has 0 spiro atoms. The second-order valence-corrected chi connectivity index (χ2v) is 8.65. The van der Waals surface area contributed by atoms with Gasteiger partial charge in [-0.3, -0.25) is 10.1 Å². The number of aromatic amines is 1. The average molecular weight is 376 g/mol. The van der Waals surface area contributed by atoms with Gasteiger partial charge in [-0.25, -0.2) is 0 Å². The summed E-state index contributed by atoms with van der Waals surface area (Å²) < 4.78 is 0. The normalized spacial score (nSPS) is 15.8. The zero-order valence-electron chi connectivity index (χ0n) is 17.2. The molecule has 1 aliphatic rings. The van der Waals surface area contributed by atoms with Gasteiger partial charge in [0, 0.05) is 44.1 Å². The highest BCUT2D eigenvalue weighted by Crippen LogP contribution is 2.38. The van der Waals surface area contributed by atoms with Crippen molar-refractivity contribution in [3.05, 3.63) is 54.4 Å². The highest BCUT2D eigenvalue weighted by molar-refractivity contribution is 5.89. The summed E-state index contributed by atoms with van der Waals surface area (Å²) in [5.41, 5.74) is 5.92. The molecule has 146 valence electrons. The second kappa shape index (κ2) is 7.40. The number of benzene rings is 1. The number of pyridine rings is 1. The van der Waals surface area contributed by atoms with Crippen LogP contribution in [0.2, 0.25) is 0 Å². The third kappa shape index (κ3) is 3.67. The van der Waals surface area contributed by atoms with Crippen molar-refractivity contribution in [1.29, 1.82) is 0 Å². The van der Waals surface area contributed by atoms with Crippen molar-refractivity contribution in [3.8, 4) is 22.4 Å². The minimum absolute atomic E-state index is 0.142. The maximum absolute atomic E-state index is 4.75. The average Bonchev–Trinajstić information content (AvgIpc) is 3.14. The van der Waals surface area contributed by atoms with Crippen molar-refractivity contribution < 1.29 is 0 Å². The molecule has 1 aromatic carbocycles. The number of nitrogens with one attached hydrogen (secondary N) is 1. The number of aromatic nitrogens is 3. The Morgan fingerprint density at radius 3 is 2.11 bits per heavy atom. The van der Waals surface area contributed by atoms with Crippen LogP contribution < -0.4 is 4.90 Å². The molecule has 3 aromatic rings. The lowest BCUT2D eigenvalue weighted by Crippen LogP contribution is -2.44. The lowest BCUT2D eigenvalue weighted by atomic mass is 9.86. The summed E-state index contributed by atoms with van der Waals surface area (Å²) in [4.78, 5) is 8.98. The maximum atomic E-state index is 4.75. The number of piperazine rings is 1. The number of anilines is 1. The molecule has 0 radical (unpaired) electrons. The van der Waals surface area contributed by atoms with Crippen LogP contribution in [0.25, 0.3) is 22.4 Å². The van der Waals surface area contributed by atoms with E-state index in [-0.39, 0.29) is 5.41 Å². The summed E-state index contributed by atoms with van der Waals surface area (Å²) in [6, 6.07) is 12.9. The van der Waals surface area contributed by atoms with Crippen molar-refractivity contribution in [3.63, 3.8) is 0 Å². The van der Waals surface area contributed by atoms with E-state index in [1.165, 1.54) is 5.56 Å². The molecule has 3 heterocycles. The number of hydrogen-bond donors (Lipinski definition) is 1. The molecule has 28 heavy (non-hydrogen) atoms. The number of nitrogens with zero attached hydrogens (tertiary/aromatic N) is 4. The van der Waals surface area contributed by atoms with E-state index in [1.807, 2.05) is 12.4 Å². The lowest BCUT2D eigenvalue weighted by Gasteiger charge is -2.33. The van der Waals surface area contributed by atoms with Crippen molar-refractivity contribution in [1.82, 2.24) is 20.1 Å². The standard InChI is InChI=1S/C23H29N5/c1-23(2,3)19-7-5-18(6-8-19)21-20(17-9-11-24-12-10-17)22(26-25-21)28-15-13-27(4)14-16-28/h5-12H,13-16H2,1-4H3,(H,25,26). The van der Waals surface area contributed by atoms with Gasteiger partial charge in [-0.15, -0.1) is 0 Å². The van der Waals surface area contributed by atoms with Gasteiger partial charge in [0.1, 0.15) is 11.5 Å². The number of H-pyrrole nitrogens is 1. The monoisotopic (exact) mass is 375 g/mol. The Bertz CT molecular complexity index is 914. The second-order valence-electron chi connectivity index (χ2n) is 8.65. The van der Waals surface area contributed by atoms with Crippen LogP contribution in [0.1, 0.15) is 26.3 Å². The van der Waals surface area contributed by atoms with Crippen molar-refractivity contribution in [2.45, 2.75) is 26.2 Å². The summed E-state index contributed by atoms with van der Waals surface area (Å²) in [5.74, 6) is 1.11. The molecule has 5 heteroatoms. The molecule has 0 unspecified atom stereocenters. The first-order valence-corrected chi connectivity index (χ1v) is 9.96. The molecule has 0 saturated carbocycles. The summed E-state index contributed by atoms with van der Waals surface area (Å²) >= 11 is 0. The lowest BCUT2D eigenvalue weighted by molar-refractivity contribution is 0.312. The van der Waals surface area contributed by atoms with Crippen LogP contribution in [-0.2, 0) is 5.41 Å². The summed E-state index contributed by atoms with van der Waals surface area (Å²) in [6.45, 7) is 10.8. The molecule has 4 rings (SSSR count). The Morgan fingerprint density at radius 1 is 0.857 bits per heavy atom. The van der Waals surface area contributed by atoms with Gasteiger partial charge in [0.25, 0.3) is 0 Å². The van der Waals surface area contributed by atoms with Gasteiger partial charge in [-0.05, 0) is 35.7 Å². The molecule has 1 N–H and O–H groups in total. The molecule has 1 fully saturated rings. The smallest absolute Gasteiger partial charge is 0.132 e. The highest BCUT2D eigenvalue weighted by Gasteiger charge is 2.24. The summed E-state index contributed by atoms with van der Waals surface area (Å²) in [5, 5.41) is 8.09. The van der Waals surface area contributed by atoms with E-state index in [0.29, 0.717) is 0 Å². The van der Waals surface area contributed by atoms with E-state index < -0.39 is 0 Å². The molecule has 0 bridgehead atoms. The van der Waals surface area contributed by atoms with Gasteiger partial charge in [0.15, 0.2) is 0 Å². The minimum Gasteiger partial charge on any atom is -0.354 e. The fourth-order valence-electron chi connectivity index (χ4n) is 3.72. The first kappa shape index (κ1) is 18.7. The van der Waals surface area contributed by atoms with Gasteiger partial charge in [0.05, 0.1) is 5.56 Å². The van der Waals surface area contributed by atoms with Crippen LogP contribution in [-0.4, -0.2) is 53.3 Å². The molecule has 1 saturated heterocycles.